The maximum Gasteiger partial charge on any atom is 0.339 e. The monoisotopic (exact) mass is 387 g/mol. The number of benzene rings is 1. The average molecular weight is 388 g/mol. The summed E-state index contributed by atoms with van der Waals surface area (Å²) in [6.07, 6.45) is 6.56. The van der Waals surface area contributed by atoms with Crippen LogP contribution in [0.4, 0.5) is 5.69 Å². The van der Waals surface area contributed by atoms with Crippen LogP contribution in [-0.4, -0.2) is 36.2 Å². The number of hydrogen-bond acceptors (Lipinski definition) is 4. The number of carbonyl (C=O) groups excluding carboxylic acids is 2. The quantitative estimate of drug-likeness (QED) is 0.785. The van der Waals surface area contributed by atoms with E-state index in [4.69, 9.17) is 4.74 Å². The fourth-order valence-corrected chi connectivity index (χ4v) is 4.65. The molecule has 5 nitrogen and oxygen atoms in total. The van der Waals surface area contributed by atoms with Crippen molar-refractivity contribution in [2.45, 2.75) is 77.4 Å². The smallest absolute Gasteiger partial charge is 0.339 e. The summed E-state index contributed by atoms with van der Waals surface area (Å²) >= 11 is 0. The van der Waals surface area contributed by atoms with E-state index in [1.807, 2.05) is 30.0 Å². The first kappa shape index (κ1) is 20.8. The van der Waals surface area contributed by atoms with Gasteiger partial charge in [-0.2, -0.15) is 0 Å². The highest BCUT2D eigenvalue weighted by Gasteiger charge is 2.36. The Morgan fingerprint density at radius 1 is 1.04 bits per heavy atom. The first-order chi connectivity index (χ1) is 13.4. The second-order valence-electron chi connectivity index (χ2n) is 8.64. The molecule has 28 heavy (non-hydrogen) atoms. The Labute approximate surface area is 168 Å². The molecule has 2 fully saturated rings. The lowest BCUT2D eigenvalue weighted by molar-refractivity contribution is -0.124. The van der Waals surface area contributed by atoms with Crippen molar-refractivity contribution in [3.05, 3.63) is 29.3 Å². The van der Waals surface area contributed by atoms with E-state index in [-0.39, 0.29) is 24.0 Å². The van der Waals surface area contributed by atoms with Gasteiger partial charge in [-0.05, 0) is 76.3 Å². The summed E-state index contributed by atoms with van der Waals surface area (Å²) in [5, 5.41) is 9.94. The SMILES string of the molecule is COC(=O)c1cc(C)ccc1N(C(=O)C1CCC(C)CC1)C1CCC(O)CC1. The summed E-state index contributed by atoms with van der Waals surface area (Å²) in [6.45, 7) is 4.18. The minimum Gasteiger partial charge on any atom is -0.465 e. The van der Waals surface area contributed by atoms with Gasteiger partial charge in [0.1, 0.15) is 0 Å². The lowest BCUT2D eigenvalue weighted by atomic mass is 9.81. The van der Waals surface area contributed by atoms with Crippen molar-refractivity contribution in [1.82, 2.24) is 0 Å². The molecule has 1 amide bonds. The summed E-state index contributed by atoms with van der Waals surface area (Å²) in [5.41, 5.74) is 2.07. The van der Waals surface area contributed by atoms with Crippen molar-refractivity contribution >= 4 is 17.6 Å². The van der Waals surface area contributed by atoms with Crippen LogP contribution in [0.5, 0.6) is 0 Å². The summed E-state index contributed by atoms with van der Waals surface area (Å²) in [4.78, 5) is 28.0. The molecule has 0 atom stereocenters. The number of amides is 1. The molecule has 0 bridgehead atoms. The van der Waals surface area contributed by atoms with Gasteiger partial charge in [-0.25, -0.2) is 4.79 Å². The minimum absolute atomic E-state index is 0.00912. The molecule has 1 aromatic carbocycles. The summed E-state index contributed by atoms with van der Waals surface area (Å²) in [5.74, 6) is 0.397. The number of ether oxygens (including phenoxy) is 1. The van der Waals surface area contributed by atoms with Crippen LogP contribution in [0, 0.1) is 18.8 Å². The highest BCUT2D eigenvalue weighted by molar-refractivity contribution is 6.03. The molecule has 154 valence electrons. The molecule has 0 unspecified atom stereocenters. The third kappa shape index (κ3) is 4.57. The maximum absolute atomic E-state index is 13.6. The minimum atomic E-state index is -0.412. The Kier molecular flexibility index (Phi) is 6.76. The molecule has 2 aliphatic rings. The van der Waals surface area contributed by atoms with Crippen LogP contribution in [0.1, 0.15) is 74.2 Å². The van der Waals surface area contributed by atoms with E-state index in [1.165, 1.54) is 7.11 Å². The fourth-order valence-electron chi connectivity index (χ4n) is 4.65. The van der Waals surface area contributed by atoms with Gasteiger partial charge in [-0.3, -0.25) is 4.79 Å². The number of anilines is 1. The highest BCUT2D eigenvalue weighted by atomic mass is 16.5. The van der Waals surface area contributed by atoms with Gasteiger partial charge in [0.05, 0.1) is 24.5 Å². The molecule has 0 radical (unpaired) electrons. The Balaban J connectivity index is 1.97. The molecule has 5 heteroatoms. The summed E-state index contributed by atoms with van der Waals surface area (Å²) in [6, 6.07) is 5.65. The van der Waals surface area contributed by atoms with Crippen LogP contribution in [0.3, 0.4) is 0 Å². The number of carbonyl (C=O) groups is 2. The van der Waals surface area contributed by atoms with E-state index in [0.717, 1.165) is 44.1 Å². The fraction of sp³-hybridized carbons (Fsp3) is 0.652. The molecule has 0 saturated heterocycles. The lowest BCUT2D eigenvalue weighted by Crippen LogP contribution is -2.47. The van der Waals surface area contributed by atoms with Crippen LogP contribution in [0.15, 0.2) is 18.2 Å². The van der Waals surface area contributed by atoms with Crippen molar-refractivity contribution in [1.29, 1.82) is 0 Å². The predicted octanol–water partition coefficient (Wildman–Crippen LogP) is 4.24. The third-order valence-corrected chi connectivity index (χ3v) is 6.45. The highest BCUT2D eigenvalue weighted by Crippen LogP contribution is 2.36. The number of methoxy groups -OCH3 is 1. The van der Waals surface area contributed by atoms with Gasteiger partial charge < -0.3 is 14.7 Å². The topological polar surface area (TPSA) is 66.8 Å². The van der Waals surface area contributed by atoms with E-state index < -0.39 is 5.97 Å². The maximum atomic E-state index is 13.6. The third-order valence-electron chi connectivity index (χ3n) is 6.45. The molecule has 0 aromatic heterocycles. The van der Waals surface area contributed by atoms with Crippen molar-refractivity contribution in [2.75, 3.05) is 12.0 Å². The van der Waals surface area contributed by atoms with Gasteiger partial charge in [-0.1, -0.05) is 18.6 Å². The standard InChI is InChI=1S/C23H33NO4/c1-15-4-7-17(8-5-15)22(26)24(18-9-11-19(25)12-10-18)21-13-6-16(2)14-20(21)23(27)28-3/h6,13-15,17-19,25H,4-5,7-12H2,1-3H3. The molecule has 1 aromatic rings. The van der Waals surface area contributed by atoms with Gasteiger partial charge >= 0.3 is 5.97 Å². The Morgan fingerprint density at radius 3 is 2.29 bits per heavy atom. The van der Waals surface area contributed by atoms with Crippen molar-refractivity contribution < 1.29 is 19.4 Å². The Bertz CT molecular complexity index is 701. The first-order valence-electron chi connectivity index (χ1n) is 10.6. The van der Waals surface area contributed by atoms with E-state index in [0.29, 0.717) is 30.0 Å². The summed E-state index contributed by atoms with van der Waals surface area (Å²) < 4.78 is 5.01. The van der Waals surface area contributed by atoms with E-state index in [1.54, 1.807) is 0 Å². The van der Waals surface area contributed by atoms with E-state index >= 15 is 0 Å². The van der Waals surface area contributed by atoms with Crippen LogP contribution < -0.4 is 4.90 Å². The predicted molar refractivity (Wildman–Crippen MR) is 109 cm³/mol. The first-order valence-corrected chi connectivity index (χ1v) is 10.6. The number of aliphatic hydroxyl groups excluding tert-OH is 1. The molecule has 1 N–H and O–H groups in total. The molecule has 2 saturated carbocycles. The van der Waals surface area contributed by atoms with Gasteiger partial charge in [0, 0.05) is 12.0 Å². The molecule has 2 aliphatic carbocycles. The van der Waals surface area contributed by atoms with Crippen LogP contribution in [0.25, 0.3) is 0 Å². The Morgan fingerprint density at radius 2 is 1.68 bits per heavy atom. The van der Waals surface area contributed by atoms with Crippen LogP contribution >= 0.6 is 0 Å². The molecule has 0 spiro atoms. The van der Waals surface area contributed by atoms with Crippen molar-refractivity contribution in [3.63, 3.8) is 0 Å². The largest absolute Gasteiger partial charge is 0.465 e. The van der Waals surface area contributed by atoms with Crippen LogP contribution in [0.2, 0.25) is 0 Å². The summed E-state index contributed by atoms with van der Waals surface area (Å²) in [7, 11) is 1.38. The molecular formula is C23H33NO4. The van der Waals surface area contributed by atoms with Crippen LogP contribution in [-0.2, 0) is 9.53 Å². The number of hydrogen-bond donors (Lipinski definition) is 1. The van der Waals surface area contributed by atoms with Gasteiger partial charge in [0.15, 0.2) is 0 Å². The molecule has 3 rings (SSSR count). The molecule has 0 heterocycles. The van der Waals surface area contributed by atoms with Gasteiger partial charge in [0.25, 0.3) is 0 Å². The van der Waals surface area contributed by atoms with E-state index in [9.17, 15) is 14.7 Å². The van der Waals surface area contributed by atoms with Gasteiger partial charge in [-0.15, -0.1) is 0 Å². The second-order valence-corrected chi connectivity index (χ2v) is 8.64. The zero-order valence-electron chi connectivity index (χ0n) is 17.3. The lowest BCUT2D eigenvalue weighted by Gasteiger charge is -2.39. The number of rotatable bonds is 4. The number of esters is 1. The van der Waals surface area contributed by atoms with Crippen molar-refractivity contribution in [3.8, 4) is 0 Å². The molecule has 0 aliphatic heterocycles. The Hall–Kier alpha value is -1.88. The normalized spacial score (nSPS) is 27.9. The van der Waals surface area contributed by atoms with Crippen molar-refractivity contribution in [2.24, 2.45) is 11.8 Å². The average Bonchev–Trinajstić information content (AvgIpc) is 2.70. The van der Waals surface area contributed by atoms with Gasteiger partial charge in [0.2, 0.25) is 5.91 Å². The van der Waals surface area contributed by atoms with E-state index in [2.05, 4.69) is 6.92 Å². The zero-order chi connectivity index (χ0) is 20.3. The number of aryl methyl sites for hydroxylation is 1. The zero-order valence-corrected chi connectivity index (χ0v) is 17.3. The second kappa shape index (κ2) is 9.08. The molecular weight excluding hydrogens is 354 g/mol. The number of aliphatic hydroxyl groups is 1. The number of nitrogens with zero attached hydrogens (tertiary/aromatic N) is 1.